The van der Waals surface area contributed by atoms with Crippen molar-refractivity contribution in [2.75, 3.05) is 28.4 Å². The highest BCUT2D eigenvalue weighted by molar-refractivity contribution is 5.55. The molecule has 37 heavy (non-hydrogen) atoms. The topological polar surface area (TPSA) is 46.2 Å². The Balaban J connectivity index is 1.50. The lowest BCUT2D eigenvalue weighted by Crippen LogP contribution is -1.99. The van der Waals surface area contributed by atoms with E-state index in [2.05, 4.69) is 36.4 Å². The Hall–Kier alpha value is -4.12. The highest BCUT2D eigenvalue weighted by atomic mass is 16.5. The van der Waals surface area contributed by atoms with Gasteiger partial charge >= 0.3 is 0 Å². The van der Waals surface area contributed by atoms with Gasteiger partial charge in [-0.1, -0.05) is 36.4 Å². The summed E-state index contributed by atoms with van der Waals surface area (Å²) in [5.74, 6) is 4.35. The van der Waals surface area contributed by atoms with Crippen molar-refractivity contribution in [3.8, 4) is 34.5 Å². The van der Waals surface area contributed by atoms with Gasteiger partial charge < -0.3 is 23.7 Å². The van der Waals surface area contributed by atoms with Crippen LogP contribution >= 0.6 is 0 Å². The molecular weight excluding hydrogens is 464 g/mol. The summed E-state index contributed by atoms with van der Waals surface area (Å²) < 4.78 is 28.4. The average molecular weight is 499 g/mol. The second-order valence-electron chi connectivity index (χ2n) is 8.78. The van der Waals surface area contributed by atoms with Crippen LogP contribution in [-0.4, -0.2) is 28.4 Å². The van der Waals surface area contributed by atoms with Crippen molar-refractivity contribution in [1.29, 1.82) is 0 Å². The van der Waals surface area contributed by atoms with Crippen LogP contribution in [0.3, 0.4) is 0 Å². The molecule has 4 aromatic rings. The highest BCUT2D eigenvalue weighted by Crippen LogP contribution is 2.41. The van der Waals surface area contributed by atoms with Crippen LogP contribution in [0.4, 0.5) is 0 Å². The molecule has 0 radical (unpaired) electrons. The van der Waals surface area contributed by atoms with Crippen molar-refractivity contribution in [1.82, 2.24) is 0 Å². The SMILES string of the molecule is COc1cccc(CCc2cccc(Oc3cc(CCc4cccc(OC)c4)cc(OC)c3OC)c2)c1. The normalized spacial score (nSPS) is 10.6. The molecule has 0 heterocycles. The second kappa shape index (κ2) is 12.7. The van der Waals surface area contributed by atoms with Gasteiger partial charge in [0.05, 0.1) is 28.4 Å². The maximum Gasteiger partial charge on any atom is 0.203 e. The van der Waals surface area contributed by atoms with Crippen LogP contribution in [0.15, 0.2) is 84.9 Å². The number of hydrogen-bond acceptors (Lipinski definition) is 5. The molecule has 0 aliphatic carbocycles. The van der Waals surface area contributed by atoms with Crippen molar-refractivity contribution in [3.63, 3.8) is 0 Å². The van der Waals surface area contributed by atoms with E-state index in [9.17, 15) is 0 Å². The van der Waals surface area contributed by atoms with Gasteiger partial charge in [0.15, 0.2) is 11.5 Å². The lowest BCUT2D eigenvalue weighted by Gasteiger charge is -2.16. The first kappa shape index (κ1) is 26.0. The molecule has 0 amide bonds. The number of ether oxygens (including phenoxy) is 5. The molecule has 0 unspecified atom stereocenters. The van der Waals surface area contributed by atoms with Gasteiger partial charge in [-0.05, 0) is 96.5 Å². The molecule has 5 nitrogen and oxygen atoms in total. The number of benzene rings is 4. The van der Waals surface area contributed by atoms with Crippen LogP contribution in [0.25, 0.3) is 0 Å². The van der Waals surface area contributed by atoms with Crippen molar-refractivity contribution in [2.45, 2.75) is 25.7 Å². The maximum atomic E-state index is 6.36. The Kier molecular flexibility index (Phi) is 8.93. The molecule has 0 fully saturated rings. The largest absolute Gasteiger partial charge is 0.497 e. The first-order valence-corrected chi connectivity index (χ1v) is 12.4. The lowest BCUT2D eigenvalue weighted by atomic mass is 10.0. The van der Waals surface area contributed by atoms with Crippen LogP contribution in [0.1, 0.15) is 22.3 Å². The van der Waals surface area contributed by atoms with Crippen molar-refractivity contribution >= 4 is 0 Å². The second-order valence-corrected chi connectivity index (χ2v) is 8.78. The summed E-state index contributed by atoms with van der Waals surface area (Å²) in [4.78, 5) is 0. The summed E-state index contributed by atoms with van der Waals surface area (Å²) in [5, 5.41) is 0. The summed E-state index contributed by atoms with van der Waals surface area (Å²) in [7, 11) is 6.65. The predicted molar refractivity (Wildman–Crippen MR) is 147 cm³/mol. The molecular formula is C32H34O5. The Bertz CT molecular complexity index is 1310. The van der Waals surface area contributed by atoms with Gasteiger partial charge in [0.2, 0.25) is 5.75 Å². The van der Waals surface area contributed by atoms with Gasteiger partial charge in [0, 0.05) is 0 Å². The molecule has 4 aromatic carbocycles. The van der Waals surface area contributed by atoms with Crippen molar-refractivity contribution < 1.29 is 23.7 Å². The minimum atomic E-state index is 0.578. The van der Waals surface area contributed by atoms with Gasteiger partial charge in [-0.2, -0.15) is 0 Å². The highest BCUT2D eigenvalue weighted by Gasteiger charge is 2.15. The average Bonchev–Trinajstić information content (AvgIpc) is 2.95. The zero-order chi connectivity index (χ0) is 26.0. The van der Waals surface area contributed by atoms with E-state index in [-0.39, 0.29) is 0 Å². The fourth-order valence-electron chi connectivity index (χ4n) is 4.33. The van der Waals surface area contributed by atoms with Gasteiger partial charge in [-0.25, -0.2) is 0 Å². The number of rotatable bonds is 12. The van der Waals surface area contributed by atoms with E-state index in [1.54, 1.807) is 28.4 Å². The van der Waals surface area contributed by atoms with E-state index in [0.717, 1.165) is 48.5 Å². The zero-order valence-corrected chi connectivity index (χ0v) is 22.0. The van der Waals surface area contributed by atoms with E-state index < -0.39 is 0 Å². The summed E-state index contributed by atoms with van der Waals surface area (Å²) >= 11 is 0. The van der Waals surface area contributed by atoms with Crippen LogP contribution in [0.5, 0.6) is 34.5 Å². The van der Waals surface area contributed by atoms with Crippen molar-refractivity contribution in [3.05, 3.63) is 107 Å². The molecule has 5 heteroatoms. The molecule has 0 spiro atoms. The molecule has 0 atom stereocenters. The quantitative estimate of drug-likeness (QED) is 0.209. The smallest absolute Gasteiger partial charge is 0.203 e. The summed E-state index contributed by atoms with van der Waals surface area (Å²) in [6.45, 7) is 0. The molecule has 0 saturated carbocycles. The van der Waals surface area contributed by atoms with E-state index in [1.807, 2.05) is 48.5 Å². The number of aryl methyl sites for hydroxylation is 4. The summed E-state index contributed by atoms with van der Waals surface area (Å²) in [6.07, 6.45) is 3.50. The third-order valence-corrected chi connectivity index (χ3v) is 6.30. The standard InChI is InChI=1S/C32H34O5/c1-33-27-11-5-8-23(18-27)14-15-25-10-7-13-29(20-25)37-31-22-26(21-30(35-3)32(31)36-4)17-16-24-9-6-12-28(19-24)34-2/h5-13,18-22H,14-17H2,1-4H3. The predicted octanol–water partition coefficient (Wildman–Crippen LogP) is 7.08. The summed E-state index contributed by atoms with van der Waals surface area (Å²) in [5.41, 5.74) is 4.74. The molecule has 192 valence electrons. The number of hydrogen-bond donors (Lipinski definition) is 0. The molecule has 0 saturated heterocycles. The first-order chi connectivity index (χ1) is 18.1. The van der Waals surface area contributed by atoms with Gasteiger partial charge in [-0.15, -0.1) is 0 Å². The molecule has 0 aromatic heterocycles. The maximum absolute atomic E-state index is 6.36. The fraction of sp³-hybridized carbons (Fsp3) is 0.250. The van der Waals surface area contributed by atoms with E-state index in [4.69, 9.17) is 23.7 Å². The first-order valence-electron chi connectivity index (χ1n) is 12.4. The molecule has 4 rings (SSSR count). The monoisotopic (exact) mass is 498 g/mol. The van der Waals surface area contributed by atoms with Crippen LogP contribution < -0.4 is 23.7 Å². The zero-order valence-electron chi connectivity index (χ0n) is 22.0. The molecule has 0 aliphatic rings. The Morgan fingerprint density at radius 2 is 0.892 bits per heavy atom. The van der Waals surface area contributed by atoms with Gasteiger partial charge in [-0.3, -0.25) is 0 Å². The number of methoxy groups -OCH3 is 4. The van der Waals surface area contributed by atoms with Crippen LogP contribution in [0.2, 0.25) is 0 Å². The third kappa shape index (κ3) is 6.98. The van der Waals surface area contributed by atoms with Crippen LogP contribution in [-0.2, 0) is 25.7 Å². The van der Waals surface area contributed by atoms with Crippen molar-refractivity contribution in [2.24, 2.45) is 0 Å². The van der Waals surface area contributed by atoms with E-state index in [1.165, 1.54) is 16.7 Å². The fourth-order valence-corrected chi connectivity index (χ4v) is 4.33. The Labute approximate surface area is 219 Å². The van der Waals surface area contributed by atoms with Gasteiger partial charge in [0.25, 0.3) is 0 Å². The minimum Gasteiger partial charge on any atom is -0.497 e. The Morgan fingerprint density at radius 3 is 1.38 bits per heavy atom. The Morgan fingerprint density at radius 1 is 0.432 bits per heavy atom. The van der Waals surface area contributed by atoms with E-state index in [0.29, 0.717) is 17.2 Å². The lowest BCUT2D eigenvalue weighted by molar-refractivity contribution is 0.335. The van der Waals surface area contributed by atoms with Crippen LogP contribution in [0, 0.1) is 0 Å². The third-order valence-electron chi connectivity index (χ3n) is 6.30. The molecule has 0 N–H and O–H groups in total. The summed E-state index contributed by atoms with van der Waals surface area (Å²) in [6, 6.07) is 28.6. The van der Waals surface area contributed by atoms with E-state index >= 15 is 0 Å². The minimum absolute atomic E-state index is 0.578. The molecule has 0 aliphatic heterocycles. The van der Waals surface area contributed by atoms with Gasteiger partial charge in [0.1, 0.15) is 17.2 Å². The molecule has 0 bridgehead atoms.